The second-order valence-corrected chi connectivity index (χ2v) is 7.71. The Balaban J connectivity index is 1.52. The Morgan fingerprint density at radius 3 is 2.54 bits per heavy atom. The number of benzene rings is 1. The van der Waals surface area contributed by atoms with Gasteiger partial charge >= 0.3 is 0 Å². The minimum absolute atomic E-state index is 0.151. The first kappa shape index (κ1) is 17.1. The van der Waals surface area contributed by atoms with Crippen molar-refractivity contribution in [1.82, 2.24) is 10.3 Å². The van der Waals surface area contributed by atoms with E-state index in [2.05, 4.69) is 53.9 Å². The molecule has 0 saturated heterocycles. The summed E-state index contributed by atoms with van der Waals surface area (Å²) in [6.45, 7) is 7.25. The highest BCUT2D eigenvalue weighted by Crippen LogP contribution is 2.30. The Hall–Kier alpha value is -1.72. The summed E-state index contributed by atoms with van der Waals surface area (Å²) >= 11 is 1.73. The molecule has 1 aromatic carbocycles. The maximum absolute atomic E-state index is 11.8. The molecule has 2 aromatic rings. The van der Waals surface area contributed by atoms with Crippen LogP contribution < -0.4 is 10.6 Å². The molecule has 1 atom stereocenters. The topological polar surface area (TPSA) is 54.0 Å². The van der Waals surface area contributed by atoms with Crippen LogP contribution in [0.3, 0.4) is 0 Å². The van der Waals surface area contributed by atoms with E-state index >= 15 is 0 Å². The van der Waals surface area contributed by atoms with Crippen LogP contribution >= 0.6 is 11.3 Å². The lowest BCUT2D eigenvalue weighted by atomic mass is 10.1. The lowest BCUT2D eigenvalue weighted by molar-refractivity contribution is -0.117. The van der Waals surface area contributed by atoms with E-state index in [4.69, 9.17) is 0 Å². The largest absolute Gasteiger partial charge is 0.326 e. The van der Waals surface area contributed by atoms with Gasteiger partial charge in [0.05, 0.1) is 10.7 Å². The quantitative estimate of drug-likeness (QED) is 0.780. The van der Waals surface area contributed by atoms with Gasteiger partial charge in [-0.25, -0.2) is 4.98 Å². The Bertz CT molecular complexity index is 689. The number of carbonyl (C=O) groups excluding carboxylic acids is 1. The fraction of sp³-hybridized carbons (Fsp3) is 0.474. The summed E-state index contributed by atoms with van der Waals surface area (Å²) in [5.74, 6) is 0.872. The van der Waals surface area contributed by atoms with Gasteiger partial charge in [-0.1, -0.05) is 26.0 Å². The number of thiazole rings is 1. The van der Waals surface area contributed by atoms with Gasteiger partial charge in [-0.15, -0.1) is 11.3 Å². The standard InChI is InChI=1S/C19H25N3OS/c1-12(2)19-22-17(11-24-19)10-20-13(3)14-6-8-16(9-7-14)21-18(23)15-4-5-15/h6-9,11-13,15,20H,4-5,10H2,1-3H3,(H,21,23)/t13-/m0/s1. The fourth-order valence-corrected chi connectivity index (χ4v) is 3.32. The van der Waals surface area contributed by atoms with E-state index in [0.29, 0.717) is 5.92 Å². The van der Waals surface area contributed by atoms with Crippen LogP contribution in [0, 0.1) is 5.92 Å². The summed E-state index contributed by atoms with van der Waals surface area (Å²) in [6, 6.07) is 8.34. The lowest BCUT2D eigenvalue weighted by Gasteiger charge is -2.14. The Morgan fingerprint density at radius 1 is 1.25 bits per heavy atom. The highest BCUT2D eigenvalue weighted by atomic mass is 32.1. The van der Waals surface area contributed by atoms with Crippen molar-refractivity contribution in [3.05, 3.63) is 45.9 Å². The summed E-state index contributed by atoms with van der Waals surface area (Å²) in [6.07, 6.45) is 2.06. The van der Waals surface area contributed by atoms with Gasteiger partial charge in [-0.2, -0.15) is 0 Å². The molecule has 1 amide bonds. The molecule has 1 aliphatic carbocycles. The molecular formula is C19H25N3OS. The molecule has 0 aliphatic heterocycles. The summed E-state index contributed by atoms with van der Waals surface area (Å²) < 4.78 is 0. The Kier molecular flexibility index (Phi) is 5.31. The van der Waals surface area contributed by atoms with Gasteiger partial charge < -0.3 is 10.6 Å². The molecule has 3 rings (SSSR count). The zero-order valence-corrected chi connectivity index (χ0v) is 15.3. The minimum atomic E-state index is 0.151. The summed E-state index contributed by atoms with van der Waals surface area (Å²) in [5, 5.41) is 9.81. The van der Waals surface area contributed by atoms with Gasteiger partial charge in [0.25, 0.3) is 0 Å². The SMILES string of the molecule is CC(C)c1nc(CN[C@@H](C)c2ccc(NC(=O)C3CC3)cc2)cs1. The first-order valence-electron chi connectivity index (χ1n) is 8.61. The Morgan fingerprint density at radius 2 is 1.96 bits per heavy atom. The molecule has 1 heterocycles. The van der Waals surface area contributed by atoms with Crippen LogP contribution in [0.4, 0.5) is 5.69 Å². The smallest absolute Gasteiger partial charge is 0.227 e. The number of hydrogen-bond donors (Lipinski definition) is 2. The predicted molar refractivity (Wildman–Crippen MR) is 99.3 cm³/mol. The van der Waals surface area contributed by atoms with Crippen molar-refractivity contribution in [2.45, 2.75) is 52.1 Å². The third kappa shape index (κ3) is 4.42. The Labute approximate surface area is 147 Å². The second kappa shape index (κ2) is 7.45. The predicted octanol–water partition coefficient (Wildman–Crippen LogP) is 4.47. The van der Waals surface area contributed by atoms with Crippen LogP contribution in [-0.2, 0) is 11.3 Å². The van der Waals surface area contributed by atoms with Crippen LogP contribution in [0.2, 0.25) is 0 Å². The van der Waals surface area contributed by atoms with E-state index in [1.165, 1.54) is 10.6 Å². The van der Waals surface area contributed by atoms with Crippen LogP contribution in [0.15, 0.2) is 29.6 Å². The van der Waals surface area contributed by atoms with E-state index in [9.17, 15) is 4.79 Å². The minimum Gasteiger partial charge on any atom is -0.326 e. The molecule has 1 aromatic heterocycles. The number of amides is 1. The van der Waals surface area contributed by atoms with E-state index in [-0.39, 0.29) is 17.9 Å². The monoisotopic (exact) mass is 343 g/mol. The van der Waals surface area contributed by atoms with Crippen molar-refractivity contribution in [1.29, 1.82) is 0 Å². The highest BCUT2D eigenvalue weighted by Gasteiger charge is 2.29. The third-order valence-corrected chi connectivity index (χ3v) is 5.47. The highest BCUT2D eigenvalue weighted by molar-refractivity contribution is 7.09. The number of hydrogen-bond acceptors (Lipinski definition) is 4. The van der Waals surface area contributed by atoms with Crippen LogP contribution in [0.5, 0.6) is 0 Å². The zero-order chi connectivity index (χ0) is 17.1. The van der Waals surface area contributed by atoms with Gasteiger partial charge in [0, 0.05) is 35.5 Å². The first-order chi connectivity index (χ1) is 11.5. The summed E-state index contributed by atoms with van der Waals surface area (Å²) in [5.41, 5.74) is 3.19. The second-order valence-electron chi connectivity index (χ2n) is 6.82. The molecule has 0 radical (unpaired) electrons. The van der Waals surface area contributed by atoms with Crippen LogP contribution in [0.1, 0.15) is 61.8 Å². The lowest BCUT2D eigenvalue weighted by Crippen LogP contribution is -2.18. The maximum Gasteiger partial charge on any atom is 0.227 e. The number of nitrogens with one attached hydrogen (secondary N) is 2. The van der Waals surface area contributed by atoms with Crippen molar-refractivity contribution < 1.29 is 4.79 Å². The number of carbonyl (C=O) groups is 1. The van der Waals surface area contributed by atoms with Crippen molar-refractivity contribution in [3.63, 3.8) is 0 Å². The average molecular weight is 343 g/mol. The van der Waals surface area contributed by atoms with Gasteiger partial charge in [-0.3, -0.25) is 4.79 Å². The van der Waals surface area contributed by atoms with E-state index < -0.39 is 0 Å². The maximum atomic E-state index is 11.8. The summed E-state index contributed by atoms with van der Waals surface area (Å²) in [4.78, 5) is 16.4. The molecule has 4 nitrogen and oxygen atoms in total. The van der Waals surface area contributed by atoms with Crippen molar-refractivity contribution in [2.75, 3.05) is 5.32 Å². The third-order valence-electron chi connectivity index (χ3n) is 4.28. The number of rotatable bonds is 7. The van der Waals surface area contributed by atoms with Gasteiger partial charge in [0.15, 0.2) is 0 Å². The molecule has 1 aliphatic rings. The number of aromatic nitrogens is 1. The van der Waals surface area contributed by atoms with Crippen molar-refractivity contribution >= 4 is 22.9 Å². The molecule has 1 fully saturated rings. The van der Waals surface area contributed by atoms with E-state index in [1.807, 2.05) is 12.1 Å². The van der Waals surface area contributed by atoms with Gasteiger partial charge in [0.1, 0.15) is 0 Å². The van der Waals surface area contributed by atoms with Crippen LogP contribution in [0.25, 0.3) is 0 Å². The molecular weight excluding hydrogens is 318 g/mol. The molecule has 128 valence electrons. The summed E-state index contributed by atoms with van der Waals surface area (Å²) in [7, 11) is 0. The fourth-order valence-electron chi connectivity index (χ4n) is 2.49. The van der Waals surface area contributed by atoms with Crippen molar-refractivity contribution in [3.8, 4) is 0 Å². The van der Waals surface area contributed by atoms with E-state index in [0.717, 1.165) is 30.8 Å². The zero-order valence-electron chi connectivity index (χ0n) is 14.5. The molecule has 2 N–H and O–H groups in total. The molecule has 0 unspecified atom stereocenters. The molecule has 5 heteroatoms. The number of anilines is 1. The van der Waals surface area contributed by atoms with Gasteiger partial charge in [0.2, 0.25) is 5.91 Å². The van der Waals surface area contributed by atoms with Gasteiger partial charge in [-0.05, 0) is 37.5 Å². The molecule has 0 bridgehead atoms. The normalized spacial score (nSPS) is 15.5. The first-order valence-corrected chi connectivity index (χ1v) is 9.49. The molecule has 24 heavy (non-hydrogen) atoms. The average Bonchev–Trinajstić information content (AvgIpc) is 3.31. The number of nitrogens with zero attached hydrogens (tertiary/aromatic N) is 1. The van der Waals surface area contributed by atoms with E-state index in [1.54, 1.807) is 11.3 Å². The van der Waals surface area contributed by atoms with Crippen molar-refractivity contribution in [2.24, 2.45) is 5.92 Å². The van der Waals surface area contributed by atoms with Crippen LogP contribution in [-0.4, -0.2) is 10.9 Å². The molecule has 0 spiro atoms. The molecule has 1 saturated carbocycles.